The van der Waals surface area contributed by atoms with Gasteiger partial charge < -0.3 is 21.3 Å². The third-order valence-corrected chi connectivity index (χ3v) is 6.43. The summed E-state index contributed by atoms with van der Waals surface area (Å²) in [6, 6.07) is 24.4. The lowest BCUT2D eigenvalue weighted by Gasteiger charge is -2.22. The van der Waals surface area contributed by atoms with E-state index in [9.17, 15) is 14.4 Å². The van der Waals surface area contributed by atoms with Gasteiger partial charge in [-0.05, 0) is 61.2 Å². The van der Waals surface area contributed by atoms with Gasteiger partial charge in [-0.1, -0.05) is 61.7 Å². The molecule has 1 aliphatic rings. The number of amides is 3. The molecule has 192 valence electrons. The van der Waals surface area contributed by atoms with E-state index in [1.807, 2.05) is 48.5 Å². The molecule has 4 rings (SSSR count). The van der Waals surface area contributed by atoms with Gasteiger partial charge in [-0.3, -0.25) is 14.4 Å². The van der Waals surface area contributed by atoms with Crippen LogP contribution in [0.2, 0.25) is 0 Å². The van der Waals surface area contributed by atoms with Crippen molar-refractivity contribution in [1.29, 1.82) is 0 Å². The Morgan fingerprint density at radius 3 is 2.16 bits per heavy atom. The summed E-state index contributed by atoms with van der Waals surface area (Å²) < 4.78 is 0. The van der Waals surface area contributed by atoms with Crippen molar-refractivity contribution in [2.45, 2.75) is 51.0 Å². The Morgan fingerprint density at radius 1 is 0.703 bits per heavy atom. The zero-order valence-corrected chi connectivity index (χ0v) is 21.0. The molecular weight excluding hydrogens is 464 g/mol. The standard InChI is InChI=1S/C30H34N4O3/c35-28(18-17-22-9-3-1-4-10-22)32-27-16-8-14-25(20-27)31-21-29(36)33-26-15-7-11-23(19-26)30(37)34-24-12-5-2-6-13-24/h1,3-4,7-11,14-16,19-20,24,31H,2,5-6,12-13,17-18,21H2,(H,32,35)(H,33,36)(H,34,37). The number of nitrogens with one attached hydrogen (secondary N) is 4. The van der Waals surface area contributed by atoms with Gasteiger partial charge in [-0.25, -0.2) is 0 Å². The van der Waals surface area contributed by atoms with Crippen molar-refractivity contribution in [2.75, 3.05) is 22.5 Å². The van der Waals surface area contributed by atoms with Gasteiger partial charge in [0, 0.05) is 35.1 Å². The quantitative estimate of drug-likeness (QED) is 0.302. The van der Waals surface area contributed by atoms with Gasteiger partial charge in [0.15, 0.2) is 0 Å². The first-order valence-electron chi connectivity index (χ1n) is 12.9. The van der Waals surface area contributed by atoms with E-state index in [0.717, 1.165) is 36.9 Å². The second-order valence-corrected chi connectivity index (χ2v) is 9.41. The Morgan fingerprint density at radius 2 is 1.38 bits per heavy atom. The summed E-state index contributed by atoms with van der Waals surface area (Å²) in [5, 5.41) is 11.9. The number of rotatable bonds is 10. The molecule has 0 atom stereocenters. The minimum absolute atomic E-state index is 0.0455. The van der Waals surface area contributed by atoms with E-state index in [4.69, 9.17) is 0 Å². The molecule has 1 aliphatic carbocycles. The number of anilines is 3. The Bertz CT molecular complexity index is 1210. The monoisotopic (exact) mass is 498 g/mol. The lowest BCUT2D eigenvalue weighted by molar-refractivity contribution is -0.116. The van der Waals surface area contributed by atoms with Crippen LogP contribution in [0.1, 0.15) is 54.4 Å². The predicted molar refractivity (Wildman–Crippen MR) is 148 cm³/mol. The molecular formula is C30H34N4O3. The van der Waals surface area contributed by atoms with E-state index in [1.54, 1.807) is 30.3 Å². The maximum absolute atomic E-state index is 12.6. The fraction of sp³-hybridized carbons (Fsp3) is 0.300. The van der Waals surface area contributed by atoms with E-state index >= 15 is 0 Å². The Balaban J connectivity index is 1.23. The van der Waals surface area contributed by atoms with Crippen LogP contribution in [0.15, 0.2) is 78.9 Å². The molecule has 4 N–H and O–H groups in total. The molecule has 3 aromatic rings. The fourth-order valence-electron chi connectivity index (χ4n) is 4.47. The van der Waals surface area contributed by atoms with E-state index < -0.39 is 0 Å². The molecule has 3 amide bonds. The van der Waals surface area contributed by atoms with Crippen molar-refractivity contribution in [1.82, 2.24) is 5.32 Å². The maximum Gasteiger partial charge on any atom is 0.251 e. The van der Waals surface area contributed by atoms with E-state index in [2.05, 4.69) is 21.3 Å². The SMILES string of the molecule is O=C(CCc1ccccc1)Nc1cccc(NCC(=O)Nc2cccc(C(=O)NC3CCCCC3)c2)c1. The number of carbonyl (C=O) groups excluding carboxylic acids is 3. The third kappa shape index (κ3) is 8.49. The summed E-state index contributed by atoms with van der Waals surface area (Å²) in [5.74, 6) is -0.406. The molecule has 0 aliphatic heterocycles. The molecule has 1 fully saturated rings. The molecule has 0 saturated heterocycles. The minimum Gasteiger partial charge on any atom is -0.376 e. The van der Waals surface area contributed by atoms with Gasteiger partial charge in [-0.15, -0.1) is 0 Å². The highest BCUT2D eigenvalue weighted by Crippen LogP contribution is 2.19. The van der Waals surface area contributed by atoms with E-state index in [1.165, 1.54) is 6.42 Å². The van der Waals surface area contributed by atoms with Crippen LogP contribution in [0.25, 0.3) is 0 Å². The number of aryl methyl sites for hydroxylation is 1. The van der Waals surface area contributed by atoms with Crippen LogP contribution >= 0.6 is 0 Å². The van der Waals surface area contributed by atoms with Crippen LogP contribution < -0.4 is 21.3 Å². The highest BCUT2D eigenvalue weighted by molar-refractivity contribution is 5.98. The molecule has 37 heavy (non-hydrogen) atoms. The molecule has 1 saturated carbocycles. The average Bonchev–Trinajstić information content (AvgIpc) is 2.92. The van der Waals surface area contributed by atoms with Crippen molar-refractivity contribution in [3.63, 3.8) is 0 Å². The van der Waals surface area contributed by atoms with Gasteiger partial charge in [0.2, 0.25) is 11.8 Å². The first-order valence-corrected chi connectivity index (χ1v) is 12.9. The molecule has 0 heterocycles. The van der Waals surface area contributed by atoms with E-state index in [0.29, 0.717) is 29.8 Å². The second-order valence-electron chi connectivity index (χ2n) is 9.41. The normalized spacial score (nSPS) is 13.4. The highest BCUT2D eigenvalue weighted by Gasteiger charge is 2.17. The summed E-state index contributed by atoms with van der Waals surface area (Å²) in [5.41, 5.74) is 3.61. The topological polar surface area (TPSA) is 99.3 Å². The third-order valence-electron chi connectivity index (χ3n) is 6.43. The van der Waals surface area contributed by atoms with E-state index in [-0.39, 0.29) is 30.3 Å². The van der Waals surface area contributed by atoms with Crippen molar-refractivity contribution in [3.8, 4) is 0 Å². The summed E-state index contributed by atoms with van der Waals surface area (Å²) in [6.45, 7) is 0.0455. The lowest BCUT2D eigenvalue weighted by Crippen LogP contribution is -2.36. The fourth-order valence-corrected chi connectivity index (χ4v) is 4.47. The maximum atomic E-state index is 12.6. The van der Waals surface area contributed by atoms with Crippen molar-refractivity contribution in [3.05, 3.63) is 90.0 Å². The summed E-state index contributed by atoms with van der Waals surface area (Å²) in [7, 11) is 0. The van der Waals surface area contributed by atoms with Gasteiger partial charge in [0.1, 0.15) is 0 Å². The largest absolute Gasteiger partial charge is 0.376 e. The zero-order chi connectivity index (χ0) is 25.9. The average molecular weight is 499 g/mol. The van der Waals surface area contributed by atoms with Crippen LogP contribution in [0, 0.1) is 0 Å². The van der Waals surface area contributed by atoms with Crippen LogP contribution in [-0.4, -0.2) is 30.3 Å². The van der Waals surface area contributed by atoms with Crippen molar-refractivity contribution >= 4 is 34.8 Å². The molecule has 7 nitrogen and oxygen atoms in total. The van der Waals surface area contributed by atoms with Gasteiger partial charge in [-0.2, -0.15) is 0 Å². The summed E-state index contributed by atoms with van der Waals surface area (Å²) >= 11 is 0. The van der Waals surface area contributed by atoms with Gasteiger partial charge in [0.25, 0.3) is 5.91 Å². The van der Waals surface area contributed by atoms with Crippen LogP contribution in [0.4, 0.5) is 17.1 Å². The Hall–Kier alpha value is -4.13. The molecule has 0 bridgehead atoms. The first-order chi connectivity index (χ1) is 18.0. The highest BCUT2D eigenvalue weighted by atomic mass is 16.2. The lowest BCUT2D eigenvalue weighted by atomic mass is 9.95. The molecule has 3 aromatic carbocycles. The number of hydrogen-bond acceptors (Lipinski definition) is 4. The van der Waals surface area contributed by atoms with Crippen LogP contribution in [0.5, 0.6) is 0 Å². The van der Waals surface area contributed by atoms with Gasteiger partial charge in [0.05, 0.1) is 6.54 Å². The molecule has 0 aromatic heterocycles. The van der Waals surface area contributed by atoms with Crippen molar-refractivity contribution < 1.29 is 14.4 Å². The molecule has 0 radical (unpaired) electrons. The number of carbonyl (C=O) groups is 3. The van der Waals surface area contributed by atoms with Gasteiger partial charge >= 0.3 is 0 Å². The Kier molecular flexibility index (Phi) is 9.29. The summed E-state index contributed by atoms with van der Waals surface area (Å²) in [4.78, 5) is 37.5. The summed E-state index contributed by atoms with van der Waals surface area (Å²) in [6.07, 6.45) is 6.64. The van der Waals surface area contributed by atoms with Crippen LogP contribution in [-0.2, 0) is 16.0 Å². The second kappa shape index (κ2) is 13.3. The molecule has 0 spiro atoms. The number of hydrogen-bond donors (Lipinski definition) is 4. The predicted octanol–water partition coefficient (Wildman–Crippen LogP) is 5.37. The number of benzene rings is 3. The first kappa shape index (κ1) is 25.9. The van der Waals surface area contributed by atoms with Crippen molar-refractivity contribution in [2.24, 2.45) is 0 Å². The molecule has 0 unspecified atom stereocenters. The Labute approximate surface area is 218 Å². The molecule has 7 heteroatoms. The minimum atomic E-state index is -0.234. The smallest absolute Gasteiger partial charge is 0.251 e. The zero-order valence-electron chi connectivity index (χ0n) is 21.0. The van der Waals surface area contributed by atoms with Crippen LogP contribution in [0.3, 0.4) is 0 Å².